The predicted octanol–water partition coefficient (Wildman–Crippen LogP) is 2.90. The van der Waals surface area contributed by atoms with Gasteiger partial charge in [-0.3, -0.25) is 0 Å². The van der Waals surface area contributed by atoms with Crippen LogP contribution in [0.4, 0.5) is 5.69 Å². The number of hydrogen-bond acceptors (Lipinski definition) is 4. The Morgan fingerprint density at radius 1 is 1.27 bits per heavy atom. The minimum Gasteiger partial charge on any atom is -0.385 e. The first-order valence-electron chi connectivity index (χ1n) is 8.00. The zero-order chi connectivity index (χ0) is 15.9. The number of nitrogens with zero attached hydrogens (tertiary/aromatic N) is 3. The van der Waals surface area contributed by atoms with Crippen LogP contribution in [0, 0.1) is 17.2 Å². The standard InChI is InChI=1S/C17H25ClN4/c1-3-21-6-8-22(9-7-21)13-14(2)12-20-16-5-4-15(11-19)17(18)10-16/h4-5,10,14,20H,3,6-9,12-13H2,1-2H3/t14-/m0/s1. The molecule has 4 nitrogen and oxygen atoms in total. The molecule has 1 aliphatic heterocycles. The van der Waals surface area contributed by atoms with Crippen molar-refractivity contribution in [2.75, 3.05) is 51.1 Å². The number of anilines is 1. The van der Waals surface area contributed by atoms with E-state index in [2.05, 4.69) is 35.0 Å². The summed E-state index contributed by atoms with van der Waals surface area (Å²) in [6.07, 6.45) is 0. The lowest BCUT2D eigenvalue weighted by Crippen LogP contribution is -2.47. The smallest absolute Gasteiger partial charge is 0.101 e. The number of likely N-dealkylation sites (N-methyl/N-ethyl adjacent to an activating group) is 1. The fourth-order valence-corrected chi connectivity index (χ4v) is 3.02. The number of nitriles is 1. The van der Waals surface area contributed by atoms with E-state index in [1.165, 1.54) is 26.2 Å². The lowest BCUT2D eigenvalue weighted by Gasteiger charge is -2.35. The molecular formula is C17H25ClN4. The summed E-state index contributed by atoms with van der Waals surface area (Å²) in [4.78, 5) is 5.04. The first kappa shape index (κ1) is 17.1. The molecule has 1 N–H and O–H groups in total. The third-order valence-electron chi connectivity index (χ3n) is 4.23. The molecule has 1 aromatic rings. The van der Waals surface area contributed by atoms with Crippen molar-refractivity contribution >= 4 is 17.3 Å². The molecule has 0 aliphatic carbocycles. The summed E-state index contributed by atoms with van der Waals surface area (Å²) < 4.78 is 0. The third kappa shape index (κ3) is 4.88. The fraction of sp³-hybridized carbons (Fsp3) is 0.588. The van der Waals surface area contributed by atoms with Gasteiger partial charge in [-0.2, -0.15) is 5.26 Å². The van der Waals surface area contributed by atoms with Gasteiger partial charge in [0.2, 0.25) is 0 Å². The van der Waals surface area contributed by atoms with E-state index in [1.807, 2.05) is 12.1 Å². The molecule has 2 rings (SSSR count). The van der Waals surface area contributed by atoms with Gasteiger partial charge in [-0.05, 0) is 30.7 Å². The Balaban J connectivity index is 1.75. The van der Waals surface area contributed by atoms with Crippen LogP contribution in [0.2, 0.25) is 5.02 Å². The summed E-state index contributed by atoms with van der Waals surface area (Å²) in [5.41, 5.74) is 1.50. The van der Waals surface area contributed by atoms with Gasteiger partial charge < -0.3 is 15.1 Å². The Labute approximate surface area is 138 Å². The summed E-state index contributed by atoms with van der Waals surface area (Å²) in [5, 5.41) is 12.8. The van der Waals surface area contributed by atoms with Crippen LogP contribution in [0.5, 0.6) is 0 Å². The van der Waals surface area contributed by atoms with Crippen molar-refractivity contribution < 1.29 is 0 Å². The van der Waals surface area contributed by atoms with Gasteiger partial charge in [0.15, 0.2) is 0 Å². The fourth-order valence-electron chi connectivity index (χ4n) is 2.80. The van der Waals surface area contributed by atoms with Crippen molar-refractivity contribution in [3.63, 3.8) is 0 Å². The molecule has 0 aromatic heterocycles. The summed E-state index contributed by atoms with van der Waals surface area (Å²) in [6.45, 7) is 12.4. The SMILES string of the molecule is CCN1CCN(C[C@@H](C)CNc2ccc(C#N)c(Cl)c2)CC1. The summed E-state index contributed by atoms with van der Waals surface area (Å²) >= 11 is 6.05. The van der Waals surface area contributed by atoms with Crippen LogP contribution in [0.25, 0.3) is 0 Å². The van der Waals surface area contributed by atoms with Crippen LogP contribution in [0.3, 0.4) is 0 Å². The second-order valence-electron chi connectivity index (χ2n) is 6.03. The zero-order valence-electron chi connectivity index (χ0n) is 13.5. The number of rotatable bonds is 6. The number of halogens is 1. The molecule has 1 aromatic carbocycles. The normalized spacial score (nSPS) is 17.9. The molecule has 1 saturated heterocycles. The summed E-state index contributed by atoms with van der Waals surface area (Å²) in [5.74, 6) is 0.572. The van der Waals surface area contributed by atoms with E-state index in [-0.39, 0.29) is 0 Å². The highest BCUT2D eigenvalue weighted by molar-refractivity contribution is 6.32. The lowest BCUT2D eigenvalue weighted by atomic mass is 10.1. The molecule has 1 heterocycles. The number of benzene rings is 1. The Morgan fingerprint density at radius 2 is 1.95 bits per heavy atom. The Morgan fingerprint density at radius 3 is 2.55 bits per heavy atom. The molecule has 0 saturated carbocycles. The molecule has 22 heavy (non-hydrogen) atoms. The Bertz CT molecular complexity index is 518. The van der Waals surface area contributed by atoms with Crippen molar-refractivity contribution in [1.29, 1.82) is 5.26 Å². The molecule has 0 unspecified atom stereocenters. The molecule has 1 atom stereocenters. The Kier molecular flexibility index (Phi) is 6.50. The van der Waals surface area contributed by atoms with E-state index in [9.17, 15) is 0 Å². The Hall–Kier alpha value is -1.28. The molecular weight excluding hydrogens is 296 g/mol. The molecule has 5 heteroatoms. The van der Waals surface area contributed by atoms with Gasteiger partial charge in [-0.15, -0.1) is 0 Å². The van der Waals surface area contributed by atoms with E-state index in [4.69, 9.17) is 16.9 Å². The van der Waals surface area contributed by atoms with Crippen LogP contribution >= 0.6 is 11.6 Å². The van der Waals surface area contributed by atoms with Crippen molar-refractivity contribution in [3.05, 3.63) is 28.8 Å². The van der Waals surface area contributed by atoms with E-state index in [0.29, 0.717) is 16.5 Å². The third-order valence-corrected chi connectivity index (χ3v) is 4.54. The zero-order valence-corrected chi connectivity index (χ0v) is 14.2. The number of hydrogen-bond donors (Lipinski definition) is 1. The summed E-state index contributed by atoms with van der Waals surface area (Å²) in [6, 6.07) is 7.58. The molecule has 0 bridgehead atoms. The molecule has 120 valence electrons. The first-order chi connectivity index (χ1) is 10.6. The number of piperazine rings is 1. The second kappa shape index (κ2) is 8.38. The van der Waals surface area contributed by atoms with Gasteiger partial charge in [0.05, 0.1) is 10.6 Å². The molecule has 1 aliphatic rings. The highest BCUT2D eigenvalue weighted by atomic mass is 35.5. The van der Waals surface area contributed by atoms with Gasteiger partial charge in [0.25, 0.3) is 0 Å². The van der Waals surface area contributed by atoms with Crippen LogP contribution in [-0.4, -0.2) is 55.6 Å². The maximum atomic E-state index is 8.88. The van der Waals surface area contributed by atoms with Gasteiger partial charge in [-0.1, -0.05) is 25.4 Å². The second-order valence-corrected chi connectivity index (χ2v) is 6.43. The minimum atomic E-state index is 0.510. The monoisotopic (exact) mass is 320 g/mol. The van der Waals surface area contributed by atoms with Crippen LogP contribution in [-0.2, 0) is 0 Å². The highest BCUT2D eigenvalue weighted by Gasteiger charge is 2.17. The van der Waals surface area contributed by atoms with E-state index >= 15 is 0 Å². The maximum Gasteiger partial charge on any atom is 0.101 e. The largest absolute Gasteiger partial charge is 0.385 e. The molecule has 0 radical (unpaired) electrons. The van der Waals surface area contributed by atoms with Crippen molar-refractivity contribution in [3.8, 4) is 6.07 Å². The van der Waals surface area contributed by atoms with E-state index in [0.717, 1.165) is 25.3 Å². The van der Waals surface area contributed by atoms with Gasteiger partial charge in [0.1, 0.15) is 6.07 Å². The first-order valence-corrected chi connectivity index (χ1v) is 8.38. The van der Waals surface area contributed by atoms with E-state index < -0.39 is 0 Å². The van der Waals surface area contributed by atoms with Crippen LogP contribution in [0.15, 0.2) is 18.2 Å². The quantitative estimate of drug-likeness (QED) is 0.875. The van der Waals surface area contributed by atoms with Crippen LogP contribution in [0.1, 0.15) is 19.4 Å². The molecule has 0 amide bonds. The van der Waals surface area contributed by atoms with Crippen molar-refractivity contribution in [2.45, 2.75) is 13.8 Å². The number of nitrogens with one attached hydrogen (secondary N) is 1. The highest BCUT2D eigenvalue weighted by Crippen LogP contribution is 2.20. The van der Waals surface area contributed by atoms with Gasteiger partial charge in [-0.25, -0.2) is 0 Å². The van der Waals surface area contributed by atoms with Gasteiger partial charge in [0, 0.05) is 45.0 Å². The van der Waals surface area contributed by atoms with Gasteiger partial charge >= 0.3 is 0 Å². The average Bonchev–Trinajstić information content (AvgIpc) is 2.54. The van der Waals surface area contributed by atoms with E-state index in [1.54, 1.807) is 6.07 Å². The molecule has 0 spiro atoms. The molecule has 1 fully saturated rings. The topological polar surface area (TPSA) is 42.3 Å². The maximum absolute atomic E-state index is 8.88. The lowest BCUT2D eigenvalue weighted by molar-refractivity contribution is 0.126. The average molecular weight is 321 g/mol. The summed E-state index contributed by atoms with van der Waals surface area (Å²) in [7, 11) is 0. The van der Waals surface area contributed by atoms with Crippen molar-refractivity contribution in [1.82, 2.24) is 9.80 Å². The van der Waals surface area contributed by atoms with Crippen molar-refractivity contribution in [2.24, 2.45) is 5.92 Å². The predicted molar refractivity (Wildman–Crippen MR) is 92.4 cm³/mol. The minimum absolute atomic E-state index is 0.510. The van der Waals surface area contributed by atoms with Crippen LogP contribution < -0.4 is 5.32 Å².